The lowest BCUT2D eigenvalue weighted by Crippen LogP contribution is -2.22. The van der Waals surface area contributed by atoms with Gasteiger partial charge < -0.3 is 10.3 Å². The molecule has 0 aliphatic heterocycles. The molecule has 2 aromatic carbocycles. The van der Waals surface area contributed by atoms with E-state index in [4.69, 9.17) is 10.3 Å². The van der Waals surface area contributed by atoms with Crippen LogP contribution in [0.15, 0.2) is 57.9 Å². The first kappa shape index (κ1) is 22.0. The lowest BCUT2D eigenvalue weighted by molar-refractivity contribution is 0.371. The molecule has 1 unspecified atom stereocenters. The summed E-state index contributed by atoms with van der Waals surface area (Å²) in [5.41, 5.74) is 8.38. The van der Waals surface area contributed by atoms with Crippen LogP contribution < -0.4 is 5.73 Å². The van der Waals surface area contributed by atoms with Gasteiger partial charge in [-0.25, -0.2) is 12.7 Å². The van der Waals surface area contributed by atoms with Crippen LogP contribution in [0.2, 0.25) is 0 Å². The first-order valence-electron chi connectivity index (χ1n) is 8.48. The molecule has 0 spiro atoms. The van der Waals surface area contributed by atoms with Gasteiger partial charge in [-0.05, 0) is 30.2 Å². The molecule has 1 heterocycles. The standard InChI is InChI=1S/C19H22N4O3S.ClH/c1-13(15-8-10-17(11-9-15)27(24,25)23(2)3)19-21-18(22-26-19)16-6-4-14(12-20)5-7-16;/h4-11,13H,12,20H2,1-3H3;1H. The van der Waals surface area contributed by atoms with Crippen molar-refractivity contribution in [3.8, 4) is 11.4 Å². The van der Waals surface area contributed by atoms with Crippen molar-refractivity contribution in [2.45, 2.75) is 24.3 Å². The molecule has 9 heteroatoms. The molecule has 3 aromatic rings. The molecule has 1 aromatic heterocycles. The van der Waals surface area contributed by atoms with E-state index < -0.39 is 10.0 Å². The number of aromatic nitrogens is 2. The second-order valence-corrected chi connectivity index (χ2v) is 8.59. The molecule has 0 radical (unpaired) electrons. The van der Waals surface area contributed by atoms with Crippen molar-refractivity contribution >= 4 is 22.4 Å². The second-order valence-electron chi connectivity index (χ2n) is 6.44. The lowest BCUT2D eigenvalue weighted by Gasteiger charge is -2.12. The number of nitrogens with zero attached hydrogens (tertiary/aromatic N) is 3. The summed E-state index contributed by atoms with van der Waals surface area (Å²) < 4.78 is 30.9. The van der Waals surface area contributed by atoms with Gasteiger partial charge in [0.25, 0.3) is 0 Å². The Hall–Kier alpha value is -2.26. The zero-order valence-electron chi connectivity index (χ0n) is 15.9. The molecule has 0 saturated carbocycles. The van der Waals surface area contributed by atoms with E-state index in [1.54, 1.807) is 24.3 Å². The highest BCUT2D eigenvalue weighted by atomic mass is 35.5. The molecular formula is C19H23ClN4O3S. The second kappa shape index (κ2) is 8.83. The maximum absolute atomic E-state index is 12.2. The topological polar surface area (TPSA) is 102 Å². The van der Waals surface area contributed by atoms with Crippen LogP contribution in [-0.2, 0) is 16.6 Å². The van der Waals surface area contributed by atoms with Crippen LogP contribution in [0.5, 0.6) is 0 Å². The molecule has 1 atom stereocenters. The van der Waals surface area contributed by atoms with Gasteiger partial charge in [-0.1, -0.05) is 41.6 Å². The van der Waals surface area contributed by atoms with Crippen LogP contribution in [0.3, 0.4) is 0 Å². The van der Waals surface area contributed by atoms with Crippen LogP contribution in [0.1, 0.15) is 29.9 Å². The summed E-state index contributed by atoms with van der Waals surface area (Å²) in [6.45, 7) is 2.42. The summed E-state index contributed by atoms with van der Waals surface area (Å²) in [6, 6.07) is 14.4. The Labute approximate surface area is 171 Å². The van der Waals surface area contributed by atoms with Gasteiger partial charge in [0.15, 0.2) is 0 Å². The minimum Gasteiger partial charge on any atom is -0.338 e. The van der Waals surface area contributed by atoms with Crippen LogP contribution in [0.25, 0.3) is 11.4 Å². The summed E-state index contributed by atoms with van der Waals surface area (Å²) in [6.07, 6.45) is 0. The molecule has 0 aliphatic carbocycles. The lowest BCUT2D eigenvalue weighted by atomic mass is 10.0. The Morgan fingerprint density at radius 3 is 2.21 bits per heavy atom. The number of hydrogen-bond acceptors (Lipinski definition) is 6. The first-order valence-corrected chi connectivity index (χ1v) is 9.92. The SMILES string of the molecule is CC(c1ccc(S(=O)(=O)N(C)C)cc1)c1nc(-c2ccc(CN)cc2)no1.Cl. The molecule has 0 amide bonds. The molecule has 3 rings (SSSR count). The van der Waals surface area contributed by atoms with E-state index in [2.05, 4.69) is 10.1 Å². The quantitative estimate of drug-likeness (QED) is 0.655. The summed E-state index contributed by atoms with van der Waals surface area (Å²) in [5.74, 6) is 0.814. The maximum Gasteiger partial charge on any atom is 0.242 e. The highest BCUT2D eigenvalue weighted by Crippen LogP contribution is 2.26. The molecule has 0 fully saturated rings. The maximum atomic E-state index is 12.2. The summed E-state index contributed by atoms with van der Waals surface area (Å²) in [7, 11) is -0.437. The highest BCUT2D eigenvalue weighted by molar-refractivity contribution is 7.89. The Balaban J connectivity index is 0.00000280. The third-order valence-corrected chi connectivity index (χ3v) is 6.25. The molecule has 0 aliphatic rings. The van der Waals surface area contributed by atoms with E-state index in [-0.39, 0.29) is 23.2 Å². The number of hydrogen-bond donors (Lipinski definition) is 1. The van der Waals surface area contributed by atoms with E-state index >= 15 is 0 Å². The summed E-state index contributed by atoms with van der Waals surface area (Å²) in [5, 5.41) is 4.05. The summed E-state index contributed by atoms with van der Waals surface area (Å²) in [4.78, 5) is 4.72. The van der Waals surface area contributed by atoms with Crippen molar-refractivity contribution < 1.29 is 12.9 Å². The number of nitrogens with two attached hydrogens (primary N) is 1. The van der Waals surface area contributed by atoms with Gasteiger partial charge in [0.05, 0.1) is 10.8 Å². The van der Waals surface area contributed by atoms with Gasteiger partial charge in [0.2, 0.25) is 21.7 Å². The average Bonchev–Trinajstić information content (AvgIpc) is 3.17. The number of rotatable bonds is 6. The Kier molecular flexibility index (Phi) is 6.95. The number of sulfonamides is 1. The van der Waals surface area contributed by atoms with Crippen molar-refractivity contribution in [1.82, 2.24) is 14.4 Å². The van der Waals surface area contributed by atoms with Crippen molar-refractivity contribution in [2.24, 2.45) is 5.73 Å². The Bertz CT molecular complexity index is 1020. The fourth-order valence-electron chi connectivity index (χ4n) is 2.60. The molecule has 150 valence electrons. The van der Waals surface area contributed by atoms with Gasteiger partial charge in [0.1, 0.15) is 0 Å². The van der Waals surface area contributed by atoms with Gasteiger partial charge >= 0.3 is 0 Å². The average molecular weight is 423 g/mol. The number of halogens is 1. The van der Waals surface area contributed by atoms with Crippen molar-refractivity contribution in [2.75, 3.05) is 14.1 Å². The molecule has 28 heavy (non-hydrogen) atoms. The minimum atomic E-state index is -3.45. The van der Waals surface area contributed by atoms with Gasteiger partial charge in [-0.15, -0.1) is 12.4 Å². The van der Waals surface area contributed by atoms with E-state index in [9.17, 15) is 8.42 Å². The van der Waals surface area contributed by atoms with E-state index in [1.165, 1.54) is 18.4 Å². The minimum absolute atomic E-state index is 0. The van der Waals surface area contributed by atoms with Crippen LogP contribution in [-0.4, -0.2) is 37.0 Å². The predicted octanol–water partition coefficient (Wildman–Crippen LogP) is 3.02. The van der Waals surface area contributed by atoms with Crippen LogP contribution >= 0.6 is 12.4 Å². The van der Waals surface area contributed by atoms with Crippen LogP contribution in [0.4, 0.5) is 0 Å². The largest absolute Gasteiger partial charge is 0.338 e. The fraction of sp³-hybridized carbons (Fsp3) is 0.263. The Morgan fingerprint density at radius 2 is 1.68 bits per heavy atom. The van der Waals surface area contributed by atoms with E-state index in [0.29, 0.717) is 18.3 Å². The van der Waals surface area contributed by atoms with Gasteiger partial charge in [-0.2, -0.15) is 4.98 Å². The van der Waals surface area contributed by atoms with Crippen LogP contribution in [0, 0.1) is 0 Å². The third kappa shape index (κ3) is 4.41. The zero-order valence-corrected chi connectivity index (χ0v) is 17.5. The monoisotopic (exact) mass is 422 g/mol. The van der Waals surface area contributed by atoms with Gasteiger partial charge in [0, 0.05) is 26.2 Å². The zero-order chi connectivity index (χ0) is 19.6. The fourth-order valence-corrected chi connectivity index (χ4v) is 3.50. The van der Waals surface area contributed by atoms with Crippen molar-refractivity contribution in [3.05, 3.63) is 65.5 Å². The normalized spacial score (nSPS) is 12.6. The van der Waals surface area contributed by atoms with E-state index in [1.807, 2.05) is 31.2 Å². The van der Waals surface area contributed by atoms with Gasteiger partial charge in [-0.3, -0.25) is 0 Å². The Morgan fingerprint density at radius 1 is 1.07 bits per heavy atom. The third-order valence-electron chi connectivity index (χ3n) is 4.42. The number of benzene rings is 2. The first-order chi connectivity index (χ1) is 12.8. The van der Waals surface area contributed by atoms with Crippen molar-refractivity contribution in [1.29, 1.82) is 0 Å². The molecule has 0 saturated heterocycles. The smallest absolute Gasteiger partial charge is 0.242 e. The highest BCUT2D eigenvalue weighted by Gasteiger charge is 2.20. The molecule has 0 bridgehead atoms. The molecular weight excluding hydrogens is 400 g/mol. The predicted molar refractivity (Wildman–Crippen MR) is 110 cm³/mol. The summed E-state index contributed by atoms with van der Waals surface area (Å²) >= 11 is 0. The molecule has 7 nitrogen and oxygen atoms in total. The molecule has 2 N–H and O–H groups in total. The van der Waals surface area contributed by atoms with E-state index in [0.717, 1.165) is 16.7 Å². The van der Waals surface area contributed by atoms with Crippen molar-refractivity contribution in [3.63, 3.8) is 0 Å².